The molecule has 0 aromatic carbocycles. The molecule has 1 atom stereocenters. The van der Waals surface area contributed by atoms with Crippen LogP contribution >= 0.6 is 0 Å². The molecule has 0 N–H and O–H groups in total. The Hall–Kier alpha value is -1.18. The van der Waals surface area contributed by atoms with Gasteiger partial charge in [0.05, 0.1) is 0 Å². The summed E-state index contributed by atoms with van der Waals surface area (Å²) in [7, 11) is 0. The van der Waals surface area contributed by atoms with Gasteiger partial charge in [0.25, 0.3) is 0 Å². The lowest BCUT2D eigenvalue weighted by molar-refractivity contribution is 0.00323. The monoisotopic (exact) mass is 166 g/mol. The number of ether oxygens (including phenoxy) is 2. The molecule has 0 aliphatic carbocycles. The van der Waals surface area contributed by atoms with Crippen molar-refractivity contribution < 1.29 is 9.47 Å². The van der Waals surface area contributed by atoms with E-state index in [-0.39, 0.29) is 6.10 Å². The molecule has 0 spiro atoms. The Kier molecular flexibility index (Phi) is 2.97. The second kappa shape index (κ2) is 4.00. The first kappa shape index (κ1) is 8.91. The van der Waals surface area contributed by atoms with E-state index >= 15 is 0 Å². The second-order valence-corrected chi connectivity index (χ2v) is 2.66. The van der Waals surface area contributed by atoms with Crippen molar-refractivity contribution in [3.8, 4) is 0 Å². The molecule has 1 heterocycles. The van der Waals surface area contributed by atoms with Gasteiger partial charge in [-0.1, -0.05) is 12.7 Å². The molecule has 1 fully saturated rings. The third-order valence-electron chi connectivity index (χ3n) is 1.58. The van der Waals surface area contributed by atoms with Gasteiger partial charge in [0.15, 0.2) is 11.5 Å². The van der Waals surface area contributed by atoms with Crippen molar-refractivity contribution in [2.45, 2.75) is 20.0 Å². The van der Waals surface area contributed by atoms with E-state index in [1.807, 2.05) is 19.9 Å². The van der Waals surface area contributed by atoms with Gasteiger partial charge in [-0.25, -0.2) is 0 Å². The zero-order valence-electron chi connectivity index (χ0n) is 7.54. The highest BCUT2D eigenvalue weighted by molar-refractivity contribution is 5.24. The summed E-state index contributed by atoms with van der Waals surface area (Å²) in [6, 6.07) is 0. The highest BCUT2D eigenvalue weighted by Crippen LogP contribution is 2.21. The molecule has 1 unspecified atom stereocenters. The van der Waals surface area contributed by atoms with Crippen LogP contribution in [-0.4, -0.2) is 12.7 Å². The first-order valence-corrected chi connectivity index (χ1v) is 4.06. The van der Waals surface area contributed by atoms with E-state index in [1.54, 1.807) is 12.2 Å². The van der Waals surface area contributed by atoms with Crippen molar-refractivity contribution >= 4 is 0 Å². The first-order chi connectivity index (χ1) is 5.77. The third kappa shape index (κ3) is 1.91. The molecule has 1 saturated heterocycles. The van der Waals surface area contributed by atoms with Gasteiger partial charge < -0.3 is 9.47 Å². The Morgan fingerprint density at radius 2 is 2.25 bits per heavy atom. The minimum atomic E-state index is 0.137. The van der Waals surface area contributed by atoms with Crippen LogP contribution in [0.3, 0.4) is 0 Å². The molecule has 0 radical (unpaired) electrons. The minimum Gasteiger partial charge on any atom is -0.486 e. The van der Waals surface area contributed by atoms with Gasteiger partial charge in [-0.2, -0.15) is 0 Å². The molecule has 0 saturated carbocycles. The smallest absolute Gasteiger partial charge is 0.161 e. The van der Waals surface area contributed by atoms with Crippen molar-refractivity contribution in [1.29, 1.82) is 0 Å². The summed E-state index contributed by atoms with van der Waals surface area (Å²) in [6.07, 6.45) is 5.53. The summed E-state index contributed by atoms with van der Waals surface area (Å²) < 4.78 is 11.0. The maximum absolute atomic E-state index is 5.52. The van der Waals surface area contributed by atoms with Crippen molar-refractivity contribution in [2.24, 2.45) is 0 Å². The Labute approximate surface area is 73.2 Å². The van der Waals surface area contributed by atoms with Gasteiger partial charge in [0.1, 0.15) is 12.7 Å². The summed E-state index contributed by atoms with van der Waals surface area (Å²) in [5.41, 5.74) is 0. The maximum Gasteiger partial charge on any atom is 0.161 e. The summed E-state index contributed by atoms with van der Waals surface area (Å²) in [5.74, 6) is 1.57. The third-order valence-corrected chi connectivity index (χ3v) is 1.58. The Morgan fingerprint density at radius 1 is 1.50 bits per heavy atom. The molecule has 2 nitrogen and oxygen atoms in total. The second-order valence-electron chi connectivity index (χ2n) is 2.66. The first-order valence-electron chi connectivity index (χ1n) is 4.06. The standard InChI is InChI=1S/C10H14O2/c1-4-6-10-9(5-2)12-8(3)7-11-10/h4-6,8H,1,7H2,2-3H3/b9-5+,10-6+. The molecular formula is C10H14O2. The number of hydrogen-bond acceptors (Lipinski definition) is 2. The zero-order chi connectivity index (χ0) is 8.97. The topological polar surface area (TPSA) is 18.5 Å². The molecule has 1 aliphatic heterocycles. The van der Waals surface area contributed by atoms with E-state index in [1.165, 1.54) is 0 Å². The minimum absolute atomic E-state index is 0.137. The normalized spacial score (nSPS) is 29.7. The largest absolute Gasteiger partial charge is 0.486 e. The number of hydrogen-bond donors (Lipinski definition) is 0. The molecule has 0 aromatic rings. The molecule has 66 valence electrons. The van der Waals surface area contributed by atoms with Crippen molar-refractivity contribution in [3.63, 3.8) is 0 Å². The van der Waals surface area contributed by atoms with Gasteiger partial charge in [-0.3, -0.25) is 0 Å². The van der Waals surface area contributed by atoms with E-state index in [9.17, 15) is 0 Å². The molecular weight excluding hydrogens is 152 g/mol. The van der Waals surface area contributed by atoms with Gasteiger partial charge >= 0.3 is 0 Å². The summed E-state index contributed by atoms with van der Waals surface area (Å²) in [5, 5.41) is 0. The molecule has 12 heavy (non-hydrogen) atoms. The number of allylic oxidation sites excluding steroid dienone is 3. The lowest BCUT2D eigenvalue weighted by atomic mass is 10.3. The Bertz CT molecular complexity index is 226. The molecule has 1 rings (SSSR count). The fraction of sp³-hybridized carbons (Fsp3) is 0.400. The fourth-order valence-electron chi connectivity index (χ4n) is 1.03. The molecule has 0 aromatic heterocycles. The number of rotatable bonds is 1. The van der Waals surface area contributed by atoms with E-state index < -0.39 is 0 Å². The van der Waals surface area contributed by atoms with E-state index in [0.717, 1.165) is 11.5 Å². The summed E-state index contributed by atoms with van der Waals surface area (Å²) in [4.78, 5) is 0. The van der Waals surface area contributed by atoms with Crippen molar-refractivity contribution in [3.05, 3.63) is 36.3 Å². The van der Waals surface area contributed by atoms with E-state index in [4.69, 9.17) is 9.47 Å². The van der Waals surface area contributed by atoms with Gasteiger partial charge in [-0.15, -0.1) is 0 Å². The van der Waals surface area contributed by atoms with E-state index in [0.29, 0.717) is 6.61 Å². The average molecular weight is 166 g/mol. The predicted octanol–water partition coefficient (Wildman–Crippen LogP) is 2.40. The molecule has 0 amide bonds. The fourth-order valence-corrected chi connectivity index (χ4v) is 1.03. The average Bonchev–Trinajstić information content (AvgIpc) is 2.08. The van der Waals surface area contributed by atoms with Crippen LogP contribution in [0.2, 0.25) is 0 Å². The zero-order valence-corrected chi connectivity index (χ0v) is 7.54. The highest BCUT2D eigenvalue weighted by Gasteiger charge is 2.17. The van der Waals surface area contributed by atoms with Crippen LogP contribution in [0.4, 0.5) is 0 Å². The van der Waals surface area contributed by atoms with Gasteiger partial charge in [-0.05, 0) is 26.0 Å². The van der Waals surface area contributed by atoms with Crippen LogP contribution in [-0.2, 0) is 9.47 Å². The van der Waals surface area contributed by atoms with Crippen LogP contribution in [0.25, 0.3) is 0 Å². The van der Waals surface area contributed by atoms with Gasteiger partial charge in [0, 0.05) is 0 Å². The quantitative estimate of drug-likeness (QED) is 0.595. The van der Waals surface area contributed by atoms with Crippen molar-refractivity contribution in [2.75, 3.05) is 6.61 Å². The van der Waals surface area contributed by atoms with Crippen LogP contribution in [0.1, 0.15) is 13.8 Å². The van der Waals surface area contributed by atoms with Crippen LogP contribution < -0.4 is 0 Å². The molecule has 2 heteroatoms. The van der Waals surface area contributed by atoms with Crippen LogP contribution in [0, 0.1) is 0 Å². The summed E-state index contributed by atoms with van der Waals surface area (Å²) >= 11 is 0. The highest BCUT2D eigenvalue weighted by atomic mass is 16.6. The predicted molar refractivity (Wildman–Crippen MR) is 48.5 cm³/mol. The Balaban J connectivity index is 2.76. The lowest BCUT2D eigenvalue weighted by Crippen LogP contribution is -2.22. The van der Waals surface area contributed by atoms with Crippen molar-refractivity contribution in [1.82, 2.24) is 0 Å². The SMILES string of the molecule is C=C/C=C1/OCC(C)O/C1=C/C. The van der Waals surface area contributed by atoms with E-state index in [2.05, 4.69) is 6.58 Å². The Morgan fingerprint density at radius 3 is 2.83 bits per heavy atom. The van der Waals surface area contributed by atoms with Crippen LogP contribution in [0.5, 0.6) is 0 Å². The van der Waals surface area contributed by atoms with Gasteiger partial charge in [0.2, 0.25) is 0 Å². The molecule has 1 aliphatic rings. The lowest BCUT2D eigenvalue weighted by Gasteiger charge is -2.25. The van der Waals surface area contributed by atoms with Crippen LogP contribution in [0.15, 0.2) is 36.3 Å². The summed E-state index contributed by atoms with van der Waals surface area (Å²) in [6.45, 7) is 8.12. The maximum atomic E-state index is 5.52. The molecule has 0 bridgehead atoms.